The maximum atomic E-state index is 12.1. The highest BCUT2D eigenvalue weighted by atomic mass is 32.1. The third-order valence-electron chi connectivity index (χ3n) is 2.71. The number of aryl methyl sites for hydroxylation is 1. The first-order valence-corrected chi connectivity index (χ1v) is 7.62. The summed E-state index contributed by atoms with van der Waals surface area (Å²) >= 11 is 2.78. The van der Waals surface area contributed by atoms with Crippen LogP contribution >= 0.6 is 22.7 Å². The van der Waals surface area contributed by atoms with Gasteiger partial charge in [-0.05, 0) is 11.4 Å². The summed E-state index contributed by atoms with van der Waals surface area (Å²) in [5.41, 5.74) is -0.113. The summed E-state index contributed by atoms with van der Waals surface area (Å²) in [6.45, 7) is 0.300. The average Bonchev–Trinajstić information content (AvgIpc) is 3.09. The Morgan fingerprint density at radius 3 is 3.00 bits per heavy atom. The Labute approximate surface area is 121 Å². The number of thiazole rings is 1. The molecule has 0 saturated heterocycles. The van der Waals surface area contributed by atoms with Crippen molar-refractivity contribution in [2.75, 3.05) is 5.32 Å². The van der Waals surface area contributed by atoms with Crippen molar-refractivity contribution < 1.29 is 4.79 Å². The van der Waals surface area contributed by atoms with Gasteiger partial charge in [-0.2, -0.15) is 0 Å². The second-order valence-electron chi connectivity index (χ2n) is 4.02. The standard InChI is InChI=1S/C12H10N4O2S2/c17-9(15-12-13-3-6-20-12)1-4-16-7-14-10-8(11(16)18)2-5-19-10/h2-3,5-7H,1,4H2,(H,13,15,17). The fraction of sp³-hybridized carbons (Fsp3) is 0.167. The average molecular weight is 306 g/mol. The van der Waals surface area contributed by atoms with Crippen molar-refractivity contribution >= 4 is 43.9 Å². The van der Waals surface area contributed by atoms with E-state index in [1.54, 1.807) is 17.6 Å². The van der Waals surface area contributed by atoms with Crippen molar-refractivity contribution in [1.82, 2.24) is 14.5 Å². The SMILES string of the molecule is O=C(CCn1cnc2sccc2c1=O)Nc1nccs1. The molecule has 0 aliphatic rings. The topological polar surface area (TPSA) is 76.9 Å². The molecular weight excluding hydrogens is 296 g/mol. The third kappa shape index (κ3) is 2.61. The number of fused-ring (bicyclic) bond motifs is 1. The molecule has 0 saturated carbocycles. The van der Waals surface area contributed by atoms with Crippen molar-refractivity contribution in [2.24, 2.45) is 0 Å². The van der Waals surface area contributed by atoms with E-state index in [-0.39, 0.29) is 17.9 Å². The number of nitrogens with one attached hydrogen (secondary N) is 1. The first-order valence-electron chi connectivity index (χ1n) is 5.86. The van der Waals surface area contributed by atoms with Crippen LogP contribution in [0.1, 0.15) is 6.42 Å². The van der Waals surface area contributed by atoms with Crippen LogP contribution in [0.2, 0.25) is 0 Å². The summed E-state index contributed by atoms with van der Waals surface area (Å²) in [5, 5.41) is 7.46. The van der Waals surface area contributed by atoms with Crippen molar-refractivity contribution in [3.05, 3.63) is 39.7 Å². The lowest BCUT2D eigenvalue weighted by molar-refractivity contribution is -0.116. The zero-order valence-electron chi connectivity index (χ0n) is 10.3. The molecule has 3 rings (SSSR count). The smallest absolute Gasteiger partial charge is 0.262 e. The van der Waals surface area contributed by atoms with Gasteiger partial charge in [0, 0.05) is 24.5 Å². The maximum Gasteiger partial charge on any atom is 0.262 e. The van der Waals surface area contributed by atoms with Gasteiger partial charge in [-0.25, -0.2) is 9.97 Å². The highest BCUT2D eigenvalue weighted by Gasteiger charge is 2.08. The van der Waals surface area contributed by atoms with Gasteiger partial charge < -0.3 is 5.32 Å². The summed E-state index contributed by atoms with van der Waals surface area (Å²) in [6, 6.07) is 1.75. The van der Waals surface area contributed by atoms with E-state index in [0.717, 1.165) is 4.83 Å². The number of nitrogens with zero attached hydrogens (tertiary/aromatic N) is 3. The number of hydrogen-bond acceptors (Lipinski definition) is 6. The van der Waals surface area contributed by atoms with Gasteiger partial charge in [0.1, 0.15) is 4.83 Å². The zero-order valence-corrected chi connectivity index (χ0v) is 11.9. The molecule has 3 aromatic heterocycles. The predicted octanol–water partition coefficient (Wildman–Crippen LogP) is 1.94. The van der Waals surface area contributed by atoms with Gasteiger partial charge in [-0.1, -0.05) is 0 Å². The van der Waals surface area contributed by atoms with Crippen LogP contribution in [0.5, 0.6) is 0 Å². The monoisotopic (exact) mass is 306 g/mol. The molecule has 8 heteroatoms. The Morgan fingerprint density at radius 2 is 2.20 bits per heavy atom. The predicted molar refractivity (Wildman–Crippen MR) is 79.2 cm³/mol. The first kappa shape index (κ1) is 12.9. The molecule has 3 aromatic rings. The van der Waals surface area contributed by atoms with Crippen LogP contribution in [0.25, 0.3) is 10.2 Å². The fourth-order valence-corrected chi connectivity index (χ4v) is 3.01. The number of aromatic nitrogens is 3. The van der Waals surface area contributed by atoms with Crippen LogP contribution in [0.3, 0.4) is 0 Å². The van der Waals surface area contributed by atoms with Crippen LogP contribution in [0, 0.1) is 0 Å². The molecule has 0 aliphatic heterocycles. The number of thiophene rings is 1. The molecular formula is C12H10N4O2S2. The molecule has 0 fully saturated rings. The van der Waals surface area contributed by atoms with Gasteiger partial charge in [-0.15, -0.1) is 22.7 Å². The van der Waals surface area contributed by atoms with E-state index in [4.69, 9.17) is 0 Å². The lowest BCUT2D eigenvalue weighted by Gasteiger charge is -2.05. The molecule has 102 valence electrons. The number of anilines is 1. The van der Waals surface area contributed by atoms with Crippen LogP contribution in [-0.4, -0.2) is 20.4 Å². The zero-order chi connectivity index (χ0) is 13.9. The molecule has 0 unspecified atom stereocenters. The Morgan fingerprint density at radius 1 is 1.30 bits per heavy atom. The first-order chi connectivity index (χ1) is 9.74. The van der Waals surface area contributed by atoms with Gasteiger partial charge in [0.15, 0.2) is 5.13 Å². The number of carbonyl (C=O) groups is 1. The summed E-state index contributed by atoms with van der Waals surface area (Å²) in [4.78, 5) is 32.7. The molecule has 0 spiro atoms. The van der Waals surface area contributed by atoms with Gasteiger partial charge in [-0.3, -0.25) is 14.2 Å². The lowest BCUT2D eigenvalue weighted by atomic mass is 10.3. The molecule has 0 radical (unpaired) electrons. The van der Waals surface area contributed by atoms with Crippen molar-refractivity contribution in [3.8, 4) is 0 Å². The van der Waals surface area contributed by atoms with E-state index in [1.807, 2.05) is 5.38 Å². The molecule has 0 aromatic carbocycles. The van der Waals surface area contributed by atoms with Gasteiger partial charge in [0.2, 0.25) is 5.91 Å². The number of hydrogen-bond donors (Lipinski definition) is 1. The Balaban J connectivity index is 1.69. The molecule has 3 heterocycles. The Hall–Kier alpha value is -2.06. The Kier molecular flexibility index (Phi) is 3.57. The van der Waals surface area contributed by atoms with Crippen LogP contribution in [0.4, 0.5) is 5.13 Å². The van der Waals surface area contributed by atoms with E-state index < -0.39 is 0 Å². The van der Waals surface area contributed by atoms with Crippen LogP contribution in [-0.2, 0) is 11.3 Å². The summed E-state index contributed by atoms with van der Waals surface area (Å²) in [6.07, 6.45) is 3.31. The Bertz CT molecular complexity index is 791. The normalized spacial score (nSPS) is 10.8. The molecule has 1 N–H and O–H groups in total. The minimum atomic E-state index is -0.169. The molecule has 6 nitrogen and oxygen atoms in total. The lowest BCUT2D eigenvalue weighted by Crippen LogP contribution is -2.23. The molecule has 20 heavy (non-hydrogen) atoms. The summed E-state index contributed by atoms with van der Waals surface area (Å²) in [7, 11) is 0. The van der Waals surface area contributed by atoms with Crippen molar-refractivity contribution in [2.45, 2.75) is 13.0 Å². The highest BCUT2D eigenvalue weighted by Crippen LogP contribution is 2.13. The van der Waals surface area contributed by atoms with E-state index in [0.29, 0.717) is 17.1 Å². The largest absolute Gasteiger partial charge is 0.302 e. The van der Waals surface area contributed by atoms with Gasteiger partial charge in [0.25, 0.3) is 5.56 Å². The van der Waals surface area contributed by atoms with Gasteiger partial charge in [0.05, 0.1) is 11.7 Å². The maximum absolute atomic E-state index is 12.1. The molecule has 0 atom stereocenters. The van der Waals surface area contributed by atoms with E-state index in [2.05, 4.69) is 15.3 Å². The second kappa shape index (κ2) is 5.51. The molecule has 0 bridgehead atoms. The van der Waals surface area contributed by atoms with E-state index in [9.17, 15) is 9.59 Å². The quantitative estimate of drug-likeness (QED) is 0.799. The van der Waals surface area contributed by atoms with Gasteiger partial charge >= 0.3 is 0 Å². The molecule has 1 amide bonds. The summed E-state index contributed by atoms with van der Waals surface area (Å²) in [5.74, 6) is -0.169. The number of amides is 1. The number of carbonyl (C=O) groups excluding carboxylic acids is 1. The van der Waals surface area contributed by atoms with E-state index in [1.165, 1.54) is 33.6 Å². The fourth-order valence-electron chi connectivity index (χ4n) is 1.74. The van der Waals surface area contributed by atoms with Crippen LogP contribution < -0.4 is 10.9 Å². The minimum absolute atomic E-state index is 0.113. The van der Waals surface area contributed by atoms with Crippen molar-refractivity contribution in [1.29, 1.82) is 0 Å². The third-order valence-corrected chi connectivity index (χ3v) is 4.22. The van der Waals surface area contributed by atoms with E-state index >= 15 is 0 Å². The highest BCUT2D eigenvalue weighted by molar-refractivity contribution is 7.16. The second-order valence-corrected chi connectivity index (χ2v) is 5.81. The van der Waals surface area contributed by atoms with Crippen LogP contribution in [0.15, 0.2) is 34.1 Å². The van der Waals surface area contributed by atoms with Crippen molar-refractivity contribution in [3.63, 3.8) is 0 Å². The summed E-state index contributed by atoms with van der Waals surface area (Å²) < 4.78 is 1.45. The minimum Gasteiger partial charge on any atom is -0.302 e. The molecule has 0 aliphatic carbocycles. The number of rotatable bonds is 4.